The van der Waals surface area contributed by atoms with Crippen molar-refractivity contribution in [2.75, 3.05) is 12.5 Å². The number of H-pyrrole nitrogens is 1. The molecule has 4 aromatic rings. The summed E-state index contributed by atoms with van der Waals surface area (Å²) in [5, 5.41) is 9.16. The molecule has 29 heavy (non-hydrogen) atoms. The lowest BCUT2D eigenvalue weighted by atomic mass is 10.2. The molecule has 0 amide bonds. The second kappa shape index (κ2) is 8.89. The van der Waals surface area contributed by atoms with Crippen molar-refractivity contribution in [3.05, 3.63) is 75.4 Å². The van der Waals surface area contributed by atoms with E-state index in [1.165, 1.54) is 0 Å². The van der Waals surface area contributed by atoms with E-state index < -0.39 is 0 Å². The number of methoxy groups -OCH3 is 1. The first kappa shape index (κ1) is 19.2. The molecule has 0 aliphatic rings. The highest BCUT2D eigenvalue weighted by Crippen LogP contribution is 2.29. The van der Waals surface area contributed by atoms with E-state index in [9.17, 15) is 0 Å². The Morgan fingerprint density at radius 2 is 2.03 bits per heavy atom. The summed E-state index contributed by atoms with van der Waals surface area (Å²) >= 11 is 7.02. The molecule has 0 saturated heterocycles. The fourth-order valence-corrected chi connectivity index (χ4v) is 3.61. The summed E-state index contributed by atoms with van der Waals surface area (Å²) in [6.07, 6.45) is 3.44. The minimum absolute atomic E-state index is 0.486. The number of aromatic nitrogens is 4. The van der Waals surface area contributed by atoms with Gasteiger partial charge in [0.1, 0.15) is 6.61 Å². The van der Waals surface area contributed by atoms with Crippen molar-refractivity contribution in [2.24, 2.45) is 0 Å². The molecule has 7 nitrogen and oxygen atoms in total. The summed E-state index contributed by atoms with van der Waals surface area (Å²) in [6, 6.07) is 13.7. The van der Waals surface area contributed by atoms with Crippen molar-refractivity contribution in [1.29, 1.82) is 0 Å². The Bertz CT molecular complexity index is 1120. The van der Waals surface area contributed by atoms with E-state index in [0.717, 1.165) is 16.0 Å². The highest BCUT2D eigenvalue weighted by Gasteiger charge is 2.10. The van der Waals surface area contributed by atoms with Gasteiger partial charge < -0.3 is 14.9 Å². The van der Waals surface area contributed by atoms with Crippen LogP contribution in [0.2, 0.25) is 0 Å². The first-order valence-corrected chi connectivity index (χ1v) is 10.2. The third-order valence-electron chi connectivity index (χ3n) is 4.23. The molecular weight excluding hydrogens is 406 g/mol. The van der Waals surface area contributed by atoms with E-state index >= 15 is 0 Å². The predicted molar refractivity (Wildman–Crippen MR) is 115 cm³/mol. The zero-order valence-corrected chi connectivity index (χ0v) is 17.3. The number of nitrogens with zero attached hydrogens (tertiary/aromatic N) is 3. The first-order chi connectivity index (χ1) is 14.2. The molecule has 148 valence electrons. The van der Waals surface area contributed by atoms with Crippen LogP contribution in [0.4, 0.5) is 0 Å². The third kappa shape index (κ3) is 4.47. The second-order valence-electron chi connectivity index (χ2n) is 6.11. The summed E-state index contributed by atoms with van der Waals surface area (Å²) in [5.41, 5.74) is 5.24. The van der Waals surface area contributed by atoms with Gasteiger partial charge in [-0.15, -0.1) is 11.3 Å². The summed E-state index contributed by atoms with van der Waals surface area (Å²) in [4.78, 5) is 5.20. The van der Waals surface area contributed by atoms with Gasteiger partial charge in [-0.3, -0.25) is 4.98 Å². The molecule has 0 saturated carbocycles. The van der Waals surface area contributed by atoms with Gasteiger partial charge in [-0.25, -0.2) is 9.77 Å². The monoisotopic (exact) mass is 425 g/mol. The number of hydrogen-bond donors (Lipinski definition) is 2. The van der Waals surface area contributed by atoms with Crippen molar-refractivity contribution in [1.82, 2.24) is 19.9 Å². The van der Waals surface area contributed by atoms with Gasteiger partial charge in [0, 0.05) is 22.8 Å². The maximum absolute atomic E-state index is 5.90. The lowest BCUT2D eigenvalue weighted by Crippen LogP contribution is -2.16. The van der Waals surface area contributed by atoms with Crippen LogP contribution >= 0.6 is 23.6 Å². The third-order valence-corrected chi connectivity index (χ3v) is 5.35. The van der Waals surface area contributed by atoms with Gasteiger partial charge in [-0.2, -0.15) is 5.10 Å². The van der Waals surface area contributed by atoms with Crippen LogP contribution in [0.1, 0.15) is 10.4 Å². The molecule has 0 atom stereocenters. The van der Waals surface area contributed by atoms with Crippen LogP contribution in [-0.2, 0) is 13.2 Å². The van der Waals surface area contributed by atoms with E-state index in [-0.39, 0.29) is 0 Å². The molecule has 0 aliphatic carbocycles. The Morgan fingerprint density at radius 1 is 1.17 bits per heavy atom. The predicted octanol–water partition coefficient (Wildman–Crippen LogP) is 4.40. The van der Waals surface area contributed by atoms with Crippen LogP contribution in [0.3, 0.4) is 0 Å². The second-order valence-corrected chi connectivity index (χ2v) is 7.53. The number of benzene rings is 1. The van der Waals surface area contributed by atoms with Crippen molar-refractivity contribution in [3.8, 4) is 22.9 Å². The lowest BCUT2D eigenvalue weighted by Gasteiger charge is -2.13. The van der Waals surface area contributed by atoms with Gasteiger partial charge in [0.25, 0.3) is 0 Å². The van der Waals surface area contributed by atoms with Gasteiger partial charge in [0.05, 0.1) is 13.7 Å². The van der Waals surface area contributed by atoms with Crippen molar-refractivity contribution < 1.29 is 9.47 Å². The molecule has 9 heteroatoms. The van der Waals surface area contributed by atoms with Gasteiger partial charge in [0.15, 0.2) is 17.3 Å². The molecule has 1 aromatic carbocycles. The molecule has 3 aromatic heterocycles. The lowest BCUT2D eigenvalue weighted by molar-refractivity contribution is 0.287. The maximum atomic E-state index is 5.90. The molecule has 0 fully saturated rings. The van der Waals surface area contributed by atoms with E-state index in [2.05, 4.69) is 20.6 Å². The topological polar surface area (TPSA) is 77.0 Å². The molecule has 0 spiro atoms. The quantitative estimate of drug-likeness (QED) is 0.408. The Kier molecular flexibility index (Phi) is 5.87. The molecular formula is C20H19N5O2S2. The average molecular weight is 426 g/mol. The Balaban J connectivity index is 1.48. The maximum Gasteiger partial charge on any atom is 0.214 e. The van der Waals surface area contributed by atoms with Gasteiger partial charge in [0.2, 0.25) is 4.77 Å². The number of rotatable bonds is 8. The van der Waals surface area contributed by atoms with Crippen molar-refractivity contribution >= 4 is 23.6 Å². The SMILES string of the molecule is COc1cc(CNn2c(-c3ccncc3)n[nH]c2=S)ccc1OCc1cccs1. The molecule has 0 radical (unpaired) electrons. The Hall–Kier alpha value is -3.17. The van der Waals surface area contributed by atoms with Crippen LogP contribution in [0.15, 0.2) is 60.2 Å². The number of hydrogen-bond acceptors (Lipinski definition) is 7. The molecule has 0 bridgehead atoms. The fourth-order valence-electron chi connectivity index (χ4n) is 2.79. The number of pyridine rings is 1. The minimum Gasteiger partial charge on any atom is -0.493 e. The number of thiophene rings is 1. The highest BCUT2D eigenvalue weighted by molar-refractivity contribution is 7.71. The van der Waals surface area contributed by atoms with Crippen molar-refractivity contribution in [2.45, 2.75) is 13.2 Å². The highest BCUT2D eigenvalue weighted by atomic mass is 32.1. The van der Waals surface area contributed by atoms with Crippen LogP contribution in [-0.4, -0.2) is 27.0 Å². The molecule has 0 unspecified atom stereocenters. The zero-order chi connectivity index (χ0) is 20.1. The van der Waals surface area contributed by atoms with E-state index in [1.807, 2.05) is 47.8 Å². The van der Waals surface area contributed by atoms with Crippen molar-refractivity contribution in [3.63, 3.8) is 0 Å². The van der Waals surface area contributed by atoms with Gasteiger partial charge in [-0.1, -0.05) is 12.1 Å². The molecule has 4 rings (SSSR count). The van der Waals surface area contributed by atoms with E-state index in [4.69, 9.17) is 21.7 Å². The van der Waals surface area contributed by atoms with E-state index in [1.54, 1.807) is 35.5 Å². The smallest absolute Gasteiger partial charge is 0.214 e. The summed E-state index contributed by atoms with van der Waals surface area (Å²) in [5.74, 6) is 2.09. The normalized spacial score (nSPS) is 10.7. The Morgan fingerprint density at radius 3 is 2.79 bits per heavy atom. The zero-order valence-electron chi connectivity index (χ0n) is 15.7. The number of ether oxygens (including phenoxy) is 2. The first-order valence-electron chi connectivity index (χ1n) is 8.88. The van der Waals surface area contributed by atoms with E-state index in [0.29, 0.717) is 35.2 Å². The average Bonchev–Trinajstić information content (AvgIpc) is 3.41. The molecule has 2 N–H and O–H groups in total. The van der Waals surface area contributed by atoms with Crippen LogP contribution in [0.25, 0.3) is 11.4 Å². The summed E-state index contributed by atoms with van der Waals surface area (Å²) in [7, 11) is 1.64. The standard InChI is InChI=1S/C20H19N5O2S2/c1-26-18-11-14(4-5-17(18)27-13-16-3-2-10-29-16)12-22-25-19(23-24-20(25)28)15-6-8-21-9-7-15/h2-11,22H,12-13H2,1H3,(H,24,28). The molecule has 0 aliphatic heterocycles. The summed E-state index contributed by atoms with van der Waals surface area (Å²) < 4.78 is 13.6. The minimum atomic E-state index is 0.486. The summed E-state index contributed by atoms with van der Waals surface area (Å²) in [6.45, 7) is 1.05. The molecule has 3 heterocycles. The Labute approximate surface area is 176 Å². The van der Waals surface area contributed by atoms with Crippen LogP contribution in [0.5, 0.6) is 11.5 Å². The fraction of sp³-hybridized carbons (Fsp3) is 0.150. The largest absolute Gasteiger partial charge is 0.493 e. The number of aromatic amines is 1. The number of nitrogens with one attached hydrogen (secondary N) is 2. The van der Waals surface area contributed by atoms with Crippen LogP contribution in [0, 0.1) is 4.77 Å². The van der Waals surface area contributed by atoms with Gasteiger partial charge >= 0.3 is 0 Å². The van der Waals surface area contributed by atoms with Crippen LogP contribution < -0.4 is 14.9 Å². The van der Waals surface area contributed by atoms with Gasteiger partial charge in [-0.05, 0) is 53.5 Å².